The van der Waals surface area contributed by atoms with Crippen LogP contribution in [-0.4, -0.2) is 29.1 Å². The van der Waals surface area contributed by atoms with Crippen molar-refractivity contribution in [2.24, 2.45) is 5.10 Å². The molecule has 7 heteroatoms. The first-order chi connectivity index (χ1) is 15.6. The maximum atomic E-state index is 13.4. The minimum atomic E-state index is -0.139. The van der Waals surface area contributed by atoms with Gasteiger partial charge in [-0.25, -0.2) is 4.98 Å². The summed E-state index contributed by atoms with van der Waals surface area (Å²) in [6, 6.07) is 11.2. The van der Waals surface area contributed by atoms with Crippen LogP contribution in [0.2, 0.25) is 0 Å². The highest BCUT2D eigenvalue weighted by molar-refractivity contribution is 9.10. The smallest absolute Gasteiger partial charge is 0.282 e. The minimum Gasteiger partial charge on any atom is -0.490 e. The second-order valence-corrected chi connectivity index (χ2v) is 8.72. The van der Waals surface area contributed by atoms with Gasteiger partial charge in [-0.2, -0.15) is 9.78 Å². The summed E-state index contributed by atoms with van der Waals surface area (Å²) < 4.78 is 13.7. The fourth-order valence-corrected chi connectivity index (χ4v) is 4.61. The van der Waals surface area contributed by atoms with Gasteiger partial charge in [-0.15, -0.1) is 0 Å². The van der Waals surface area contributed by atoms with Crippen molar-refractivity contribution in [2.75, 3.05) is 13.2 Å². The highest BCUT2D eigenvalue weighted by Gasteiger charge is 2.22. The number of rotatable bonds is 7. The largest absolute Gasteiger partial charge is 0.490 e. The first-order valence-corrected chi connectivity index (χ1v) is 12.1. The number of hydrogen-bond donors (Lipinski definition) is 0. The third kappa shape index (κ3) is 4.72. The van der Waals surface area contributed by atoms with Gasteiger partial charge in [-0.3, -0.25) is 4.79 Å². The van der Waals surface area contributed by atoms with E-state index in [4.69, 9.17) is 14.5 Å². The second-order valence-electron chi connectivity index (χ2n) is 7.87. The molecular weight excluding hydrogens is 470 g/mol. The van der Waals surface area contributed by atoms with Crippen molar-refractivity contribution < 1.29 is 9.47 Å². The molecule has 0 atom stereocenters. The molecule has 0 aliphatic heterocycles. The van der Waals surface area contributed by atoms with Crippen molar-refractivity contribution in [3.63, 3.8) is 0 Å². The molecule has 32 heavy (non-hydrogen) atoms. The molecule has 0 bridgehead atoms. The zero-order valence-electron chi connectivity index (χ0n) is 18.5. The third-order valence-electron chi connectivity index (χ3n) is 5.72. The van der Waals surface area contributed by atoms with Gasteiger partial charge < -0.3 is 9.47 Å². The lowest BCUT2D eigenvalue weighted by atomic mass is 9.88. The standard InChI is InChI=1S/C25H28BrN3O3/c1-3-31-22-14-18(20(26)15-23(22)32-4-2)16-27-29-24(17-10-6-5-7-11-17)28-21-13-9-8-12-19(21)25(29)30/h8-9,12-17H,3-7,10-11H2,1-2H3. The highest BCUT2D eigenvalue weighted by Crippen LogP contribution is 2.34. The van der Waals surface area contributed by atoms with E-state index in [1.165, 1.54) is 11.1 Å². The average Bonchev–Trinajstić information content (AvgIpc) is 2.81. The molecule has 1 aromatic heterocycles. The van der Waals surface area contributed by atoms with Crippen LogP contribution in [0.4, 0.5) is 0 Å². The van der Waals surface area contributed by atoms with Gasteiger partial charge in [0.2, 0.25) is 0 Å². The van der Waals surface area contributed by atoms with Crippen LogP contribution >= 0.6 is 15.9 Å². The van der Waals surface area contributed by atoms with Crippen LogP contribution in [0, 0.1) is 0 Å². The van der Waals surface area contributed by atoms with Gasteiger partial charge >= 0.3 is 0 Å². The van der Waals surface area contributed by atoms with Gasteiger partial charge in [0.1, 0.15) is 5.82 Å². The molecule has 0 unspecified atom stereocenters. The molecule has 0 N–H and O–H groups in total. The van der Waals surface area contributed by atoms with Gasteiger partial charge in [0.25, 0.3) is 5.56 Å². The van der Waals surface area contributed by atoms with Gasteiger partial charge in [0.15, 0.2) is 11.5 Å². The maximum absolute atomic E-state index is 13.4. The Morgan fingerprint density at radius 3 is 2.50 bits per heavy atom. The number of fused-ring (bicyclic) bond motifs is 1. The van der Waals surface area contributed by atoms with Gasteiger partial charge in [-0.1, -0.05) is 31.4 Å². The number of halogens is 1. The molecule has 1 heterocycles. The van der Waals surface area contributed by atoms with Gasteiger partial charge in [0.05, 0.1) is 30.3 Å². The first kappa shape index (κ1) is 22.5. The lowest BCUT2D eigenvalue weighted by molar-refractivity contribution is 0.287. The molecule has 0 spiro atoms. The topological polar surface area (TPSA) is 65.7 Å². The van der Waals surface area contributed by atoms with E-state index in [0.717, 1.165) is 47.1 Å². The van der Waals surface area contributed by atoms with Crippen LogP contribution in [0.5, 0.6) is 11.5 Å². The summed E-state index contributed by atoms with van der Waals surface area (Å²) in [6.45, 7) is 4.94. The number of nitrogens with zero attached hydrogens (tertiary/aromatic N) is 3. The van der Waals surface area contributed by atoms with E-state index >= 15 is 0 Å². The molecule has 6 nitrogen and oxygen atoms in total. The predicted octanol–water partition coefficient (Wildman–Crippen LogP) is 5.89. The van der Waals surface area contributed by atoms with E-state index in [1.807, 2.05) is 44.2 Å². The molecule has 1 fully saturated rings. The van der Waals surface area contributed by atoms with Crippen molar-refractivity contribution in [1.82, 2.24) is 9.66 Å². The molecular formula is C25H28BrN3O3. The fourth-order valence-electron chi connectivity index (χ4n) is 4.18. The van der Waals surface area contributed by atoms with E-state index in [-0.39, 0.29) is 11.5 Å². The Kier molecular flexibility index (Phi) is 7.25. The monoisotopic (exact) mass is 497 g/mol. The summed E-state index contributed by atoms with van der Waals surface area (Å²) in [6.07, 6.45) is 7.28. The number of hydrogen-bond acceptors (Lipinski definition) is 5. The Morgan fingerprint density at radius 2 is 1.78 bits per heavy atom. The Hall–Kier alpha value is -2.67. The summed E-state index contributed by atoms with van der Waals surface area (Å²) in [5.74, 6) is 2.30. The quantitative estimate of drug-likeness (QED) is 0.382. The molecule has 4 rings (SSSR count). The lowest BCUT2D eigenvalue weighted by Gasteiger charge is -2.22. The molecule has 0 radical (unpaired) electrons. The summed E-state index contributed by atoms with van der Waals surface area (Å²) in [5, 5.41) is 5.20. The average molecular weight is 498 g/mol. The van der Waals surface area contributed by atoms with E-state index in [1.54, 1.807) is 12.3 Å². The Labute approximate surface area is 196 Å². The summed E-state index contributed by atoms with van der Waals surface area (Å²) in [5.41, 5.74) is 1.39. The van der Waals surface area contributed by atoms with Crippen molar-refractivity contribution >= 4 is 33.0 Å². The van der Waals surface area contributed by atoms with E-state index < -0.39 is 0 Å². The molecule has 3 aromatic rings. The minimum absolute atomic E-state index is 0.139. The van der Waals surface area contributed by atoms with Crippen LogP contribution in [0.15, 0.2) is 50.8 Å². The normalized spacial score (nSPS) is 14.8. The second kappa shape index (κ2) is 10.3. The first-order valence-electron chi connectivity index (χ1n) is 11.3. The van der Waals surface area contributed by atoms with Crippen molar-refractivity contribution in [3.8, 4) is 11.5 Å². The fraction of sp³-hybridized carbons (Fsp3) is 0.400. The summed E-state index contributed by atoms with van der Waals surface area (Å²) in [7, 11) is 0. The molecule has 2 aromatic carbocycles. The molecule has 168 valence electrons. The van der Waals surface area contributed by atoms with Crippen LogP contribution in [0.1, 0.15) is 63.3 Å². The van der Waals surface area contributed by atoms with Crippen molar-refractivity contribution in [1.29, 1.82) is 0 Å². The van der Waals surface area contributed by atoms with Gasteiger partial charge in [-0.05, 0) is 66.9 Å². The number of aromatic nitrogens is 2. The predicted molar refractivity (Wildman–Crippen MR) is 131 cm³/mol. The van der Waals surface area contributed by atoms with Crippen LogP contribution in [-0.2, 0) is 0 Å². The Bertz CT molecular complexity index is 1180. The zero-order valence-corrected chi connectivity index (χ0v) is 20.1. The lowest BCUT2D eigenvalue weighted by Crippen LogP contribution is -2.25. The SMILES string of the molecule is CCOc1cc(Br)c(C=Nn2c(C3CCCCC3)nc3ccccc3c2=O)cc1OCC. The van der Waals surface area contributed by atoms with E-state index in [0.29, 0.717) is 30.1 Å². The highest BCUT2D eigenvalue weighted by atomic mass is 79.9. The molecule has 0 saturated heterocycles. The van der Waals surface area contributed by atoms with E-state index in [2.05, 4.69) is 21.0 Å². The van der Waals surface area contributed by atoms with Crippen molar-refractivity contribution in [3.05, 3.63) is 62.6 Å². The molecule has 1 saturated carbocycles. The summed E-state index contributed by atoms with van der Waals surface area (Å²) in [4.78, 5) is 18.2. The van der Waals surface area contributed by atoms with E-state index in [9.17, 15) is 4.79 Å². The molecule has 1 aliphatic carbocycles. The Balaban J connectivity index is 1.80. The van der Waals surface area contributed by atoms with Crippen LogP contribution < -0.4 is 15.0 Å². The molecule has 0 amide bonds. The molecule has 1 aliphatic rings. The number of ether oxygens (including phenoxy) is 2. The number of benzene rings is 2. The maximum Gasteiger partial charge on any atom is 0.282 e. The summed E-state index contributed by atoms with van der Waals surface area (Å²) >= 11 is 3.60. The Morgan fingerprint density at radius 1 is 1.09 bits per heavy atom. The third-order valence-corrected chi connectivity index (χ3v) is 6.41. The van der Waals surface area contributed by atoms with Gasteiger partial charge in [0, 0.05) is 16.0 Å². The zero-order chi connectivity index (χ0) is 22.5. The van der Waals surface area contributed by atoms with Crippen LogP contribution in [0.25, 0.3) is 10.9 Å². The van der Waals surface area contributed by atoms with Crippen LogP contribution in [0.3, 0.4) is 0 Å². The van der Waals surface area contributed by atoms with Crippen molar-refractivity contribution in [2.45, 2.75) is 51.9 Å². The number of para-hydroxylation sites is 1.